The summed E-state index contributed by atoms with van der Waals surface area (Å²) in [5.74, 6) is 0.874. The fourth-order valence-electron chi connectivity index (χ4n) is 2.59. The van der Waals surface area contributed by atoms with Gasteiger partial charge in [0.15, 0.2) is 6.61 Å². The molecule has 158 valence electrons. The Morgan fingerprint density at radius 3 is 2.29 bits per heavy atom. The Labute approximate surface area is 180 Å². The third-order valence-electron chi connectivity index (χ3n) is 4.27. The molecule has 0 aliphatic heterocycles. The van der Waals surface area contributed by atoms with E-state index in [1.807, 2.05) is 25.1 Å². The molecule has 0 atom stereocenters. The van der Waals surface area contributed by atoms with Crippen LogP contribution < -0.4 is 19.6 Å². The normalized spacial score (nSPS) is 10.5. The van der Waals surface area contributed by atoms with Crippen LogP contribution in [0.5, 0.6) is 17.2 Å². The van der Waals surface area contributed by atoms with Gasteiger partial charge in [0.2, 0.25) is 0 Å². The second-order valence-corrected chi connectivity index (χ2v) is 6.53. The molecule has 0 spiro atoms. The van der Waals surface area contributed by atoms with E-state index in [1.165, 1.54) is 6.21 Å². The third kappa shape index (κ3) is 6.43. The van der Waals surface area contributed by atoms with Crippen molar-refractivity contribution >= 4 is 18.1 Å². The van der Waals surface area contributed by atoms with Gasteiger partial charge in [-0.3, -0.25) is 4.79 Å². The molecule has 3 rings (SSSR count). The van der Waals surface area contributed by atoms with Gasteiger partial charge in [-0.25, -0.2) is 10.2 Å². The quantitative estimate of drug-likeness (QED) is 0.261. The average molecular weight is 418 g/mol. The van der Waals surface area contributed by atoms with E-state index in [0.717, 1.165) is 11.1 Å². The Bertz CT molecular complexity index is 1060. The molecule has 0 saturated heterocycles. The van der Waals surface area contributed by atoms with Gasteiger partial charge in [-0.2, -0.15) is 5.10 Å². The highest BCUT2D eigenvalue weighted by molar-refractivity contribution is 5.91. The number of methoxy groups -OCH3 is 1. The van der Waals surface area contributed by atoms with Crippen LogP contribution in [0.2, 0.25) is 0 Å². The minimum Gasteiger partial charge on any atom is -0.497 e. The predicted octanol–water partition coefficient (Wildman–Crippen LogP) is 3.75. The molecule has 3 aromatic rings. The zero-order valence-electron chi connectivity index (χ0n) is 17.2. The second-order valence-electron chi connectivity index (χ2n) is 6.53. The number of esters is 1. The summed E-state index contributed by atoms with van der Waals surface area (Å²) in [5, 5.41) is 3.91. The smallest absolute Gasteiger partial charge is 0.343 e. The van der Waals surface area contributed by atoms with Crippen LogP contribution in [0.4, 0.5) is 0 Å². The lowest BCUT2D eigenvalue weighted by Crippen LogP contribution is -2.24. The molecule has 0 unspecified atom stereocenters. The lowest BCUT2D eigenvalue weighted by molar-refractivity contribution is -0.123. The maximum Gasteiger partial charge on any atom is 0.343 e. The molecule has 0 aliphatic carbocycles. The van der Waals surface area contributed by atoms with Crippen molar-refractivity contribution in [2.75, 3.05) is 13.7 Å². The molecule has 3 aromatic carbocycles. The van der Waals surface area contributed by atoms with Crippen LogP contribution in [0, 0.1) is 6.92 Å². The van der Waals surface area contributed by atoms with Gasteiger partial charge >= 0.3 is 5.97 Å². The summed E-state index contributed by atoms with van der Waals surface area (Å²) in [4.78, 5) is 24.0. The van der Waals surface area contributed by atoms with Crippen molar-refractivity contribution in [1.29, 1.82) is 0 Å². The highest BCUT2D eigenvalue weighted by Gasteiger charge is 2.08. The zero-order valence-corrected chi connectivity index (χ0v) is 17.2. The van der Waals surface area contributed by atoms with Crippen molar-refractivity contribution < 1.29 is 23.8 Å². The minimum absolute atomic E-state index is 0.136. The molecule has 1 N–H and O–H groups in total. The average Bonchev–Trinajstić information content (AvgIpc) is 2.79. The van der Waals surface area contributed by atoms with Crippen molar-refractivity contribution in [2.24, 2.45) is 5.10 Å². The van der Waals surface area contributed by atoms with Crippen LogP contribution in [-0.2, 0) is 4.79 Å². The molecule has 0 heterocycles. The lowest BCUT2D eigenvalue weighted by atomic mass is 10.2. The minimum atomic E-state index is -0.468. The van der Waals surface area contributed by atoms with Crippen molar-refractivity contribution in [3.05, 3.63) is 89.5 Å². The first-order chi connectivity index (χ1) is 15.0. The van der Waals surface area contributed by atoms with Crippen LogP contribution in [0.25, 0.3) is 0 Å². The summed E-state index contributed by atoms with van der Waals surface area (Å²) in [6, 6.07) is 20.8. The molecule has 0 aromatic heterocycles. The number of nitrogens with zero attached hydrogens (tertiary/aromatic N) is 1. The second kappa shape index (κ2) is 10.6. The molecule has 7 heteroatoms. The predicted molar refractivity (Wildman–Crippen MR) is 117 cm³/mol. The van der Waals surface area contributed by atoms with E-state index in [2.05, 4.69) is 10.5 Å². The summed E-state index contributed by atoms with van der Waals surface area (Å²) in [6.45, 7) is 1.77. The summed E-state index contributed by atoms with van der Waals surface area (Å²) >= 11 is 0. The number of rotatable bonds is 8. The van der Waals surface area contributed by atoms with E-state index < -0.39 is 5.97 Å². The Hall–Kier alpha value is -4.13. The zero-order chi connectivity index (χ0) is 22.1. The Kier molecular flexibility index (Phi) is 7.37. The van der Waals surface area contributed by atoms with E-state index in [1.54, 1.807) is 61.7 Å². The molecule has 0 bridgehead atoms. The number of ether oxygens (including phenoxy) is 3. The summed E-state index contributed by atoms with van der Waals surface area (Å²) in [6.07, 6.45) is 1.49. The molecule has 0 saturated carbocycles. The Balaban J connectivity index is 1.47. The van der Waals surface area contributed by atoms with Gasteiger partial charge < -0.3 is 14.2 Å². The largest absolute Gasteiger partial charge is 0.497 e. The van der Waals surface area contributed by atoms with Crippen LogP contribution >= 0.6 is 0 Å². The van der Waals surface area contributed by atoms with Crippen LogP contribution in [0.3, 0.4) is 0 Å². The van der Waals surface area contributed by atoms with Gasteiger partial charge in [-0.1, -0.05) is 18.2 Å². The maximum absolute atomic E-state index is 12.2. The fraction of sp³-hybridized carbons (Fsp3) is 0.125. The standard InChI is InChI=1S/C24H22N2O5/c1-17-5-3-4-6-22(17)30-16-23(27)26-25-15-18-7-11-21(12-8-18)31-24(28)19-9-13-20(29-2)14-10-19/h3-15H,16H2,1-2H3,(H,26,27)/b25-15+. The number of hydrazone groups is 1. The molecule has 1 amide bonds. The number of carbonyl (C=O) groups is 2. The first-order valence-corrected chi connectivity index (χ1v) is 9.52. The lowest BCUT2D eigenvalue weighted by Gasteiger charge is -2.07. The maximum atomic E-state index is 12.2. The van der Waals surface area contributed by atoms with E-state index in [0.29, 0.717) is 22.8 Å². The van der Waals surface area contributed by atoms with E-state index in [-0.39, 0.29) is 12.5 Å². The van der Waals surface area contributed by atoms with Crippen LogP contribution in [-0.4, -0.2) is 31.8 Å². The monoisotopic (exact) mass is 418 g/mol. The highest BCUT2D eigenvalue weighted by Crippen LogP contribution is 2.17. The van der Waals surface area contributed by atoms with Gasteiger partial charge in [0, 0.05) is 0 Å². The van der Waals surface area contributed by atoms with Crippen molar-refractivity contribution in [3.63, 3.8) is 0 Å². The third-order valence-corrected chi connectivity index (χ3v) is 4.27. The van der Waals surface area contributed by atoms with Gasteiger partial charge in [0.05, 0.1) is 18.9 Å². The van der Waals surface area contributed by atoms with E-state index >= 15 is 0 Å². The fourth-order valence-corrected chi connectivity index (χ4v) is 2.59. The number of benzene rings is 3. The van der Waals surface area contributed by atoms with Gasteiger partial charge in [-0.05, 0) is 72.6 Å². The topological polar surface area (TPSA) is 86.2 Å². The first-order valence-electron chi connectivity index (χ1n) is 9.52. The molecule has 7 nitrogen and oxygen atoms in total. The molecular formula is C24H22N2O5. The van der Waals surface area contributed by atoms with Gasteiger partial charge in [0.25, 0.3) is 5.91 Å². The number of hydrogen-bond acceptors (Lipinski definition) is 6. The molecule has 31 heavy (non-hydrogen) atoms. The summed E-state index contributed by atoms with van der Waals surface area (Å²) in [7, 11) is 1.56. The van der Waals surface area contributed by atoms with Gasteiger partial charge in [0.1, 0.15) is 17.2 Å². The van der Waals surface area contributed by atoms with Gasteiger partial charge in [-0.15, -0.1) is 0 Å². The van der Waals surface area contributed by atoms with Crippen molar-refractivity contribution in [3.8, 4) is 17.2 Å². The first kappa shape index (κ1) is 21.6. The Morgan fingerprint density at radius 2 is 1.61 bits per heavy atom. The van der Waals surface area contributed by atoms with Crippen LogP contribution in [0.1, 0.15) is 21.5 Å². The number of aryl methyl sites for hydroxylation is 1. The van der Waals surface area contributed by atoms with Crippen LogP contribution in [0.15, 0.2) is 77.9 Å². The Morgan fingerprint density at radius 1 is 0.935 bits per heavy atom. The molecule has 0 radical (unpaired) electrons. The van der Waals surface area contributed by atoms with E-state index in [4.69, 9.17) is 14.2 Å². The number of amides is 1. The van der Waals surface area contributed by atoms with Crippen molar-refractivity contribution in [1.82, 2.24) is 5.43 Å². The SMILES string of the molecule is COc1ccc(C(=O)Oc2ccc(/C=N/NC(=O)COc3ccccc3C)cc2)cc1. The number of nitrogens with one attached hydrogen (secondary N) is 1. The highest BCUT2D eigenvalue weighted by atomic mass is 16.5. The molecule has 0 fully saturated rings. The van der Waals surface area contributed by atoms with Crippen molar-refractivity contribution in [2.45, 2.75) is 6.92 Å². The number of carbonyl (C=O) groups excluding carboxylic acids is 2. The summed E-state index contributed by atoms with van der Waals surface area (Å²) in [5.41, 5.74) is 4.50. The summed E-state index contributed by atoms with van der Waals surface area (Å²) < 4.78 is 15.9. The number of para-hydroxylation sites is 1. The molecule has 0 aliphatic rings. The van der Waals surface area contributed by atoms with E-state index in [9.17, 15) is 9.59 Å². The number of hydrogen-bond donors (Lipinski definition) is 1. The molecular weight excluding hydrogens is 396 g/mol.